The molecule has 2 rings (SSSR count). The second-order valence-corrected chi connectivity index (χ2v) is 8.33. The van der Waals surface area contributed by atoms with Crippen LogP contribution in [0.4, 0.5) is 0 Å². The molecule has 2 N–H and O–H groups in total. The Hall–Kier alpha value is -2.62. The average Bonchev–Trinajstić information content (AvgIpc) is 2.72. The SMILES string of the molecule is CCc1cc(C=NCCN=Cc2cc(CC)cc(C(C)C)c2O)c(O)c(C(C)C)c1. The fraction of sp³-hybridized carbons (Fsp3) is 0.462. The topological polar surface area (TPSA) is 65.2 Å². The van der Waals surface area contributed by atoms with Gasteiger partial charge in [0, 0.05) is 23.6 Å². The van der Waals surface area contributed by atoms with E-state index < -0.39 is 0 Å². The Balaban J connectivity index is 2.09. The van der Waals surface area contributed by atoms with Crippen LogP contribution in [0, 0.1) is 0 Å². The molecule has 30 heavy (non-hydrogen) atoms. The van der Waals surface area contributed by atoms with Crippen LogP contribution in [0.1, 0.15) is 86.8 Å². The highest BCUT2D eigenvalue weighted by Gasteiger charge is 2.12. The molecular formula is C26H36N2O2. The maximum atomic E-state index is 10.5. The quantitative estimate of drug-likeness (QED) is 0.394. The first kappa shape index (κ1) is 23.7. The van der Waals surface area contributed by atoms with Gasteiger partial charge in [0.05, 0.1) is 13.1 Å². The monoisotopic (exact) mass is 408 g/mol. The number of nitrogens with zero attached hydrogens (tertiary/aromatic N) is 2. The van der Waals surface area contributed by atoms with Crippen molar-refractivity contribution in [1.82, 2.24) is 0 Å². The molecule has 0 atom stereocenters. The van der Waals surface area contributed by atoms with E-state index in [-0.39, 0.29) is 11.8 Å². The zero-order chi connectivity index (χ0) is 22.3. The molecule has 0 aliphatic heterocycles. The molecule has 0 aliphatic carbocycles. The van der Waals surface area contributed by atoms with E-state index in [1.54, 1.807) is 12.4 Å². The summed E-state index contributed by atoms with van der Waals surface area (Å²) in [6.07, 6.45) is 5.32. The van der Waals surface area contributed by atoms with Gasteiger partial charge >= 0.3 is 0 Å². The summed E-state index contributed by atoms with van der Waals surface area (Å²) < 4.78 is 0. The van der Waals surface area contributed by atoms with E-state index in [2.05, 4.69) is 63.7 Å². The minimum Gasteiger partial charge on any atom is -0.507 e. The third kappa shape index (κ3) is 5.94. The number of hydrogen-bond acceptors (Lipinski definition) is 4. The zero-order valence-electron chi connectivity index (χ0n) is 19.2. The summed E-state index contributed by atoms with van der Waals surface area (Å²) in [5.41, 5.74) is 5.84. The highest BCUT2D eigenvalue weighted by molar-refractivity contribution is 5.85. The van der Waals surface area contributed by atoms with Gasteiger partial charge in [-0.3, -0.25) is 9.98 Å². The van der Waals surface area contributed by atoms with Crippen LogP contribution in [0.25, 0.3) is 0 Å². The second kappa shape index (κ2) is 11.0. The van der Waals surface area contributed by atoms with Gasteiger partial charge in [-0.05, 0) is 59.1 Å². The maximum Gasteiger partial charge on any atom is 0.127 e. The summed E-state index contributed by atoms with van der Waals surface area (Å²) in [4.78, 5) is 8.90. The Labute approximate surface area is 181 Å². The van der Waals surface area contributed by atoms with Gasteiger partial charge in [-0.1, -0.05) is 53.7 Å². The summed E-state index contributed by atoms with van der Waals surface area (Å²) in [6, 6.07) is 8.14. The van der Waals surface area contributed by atoms with Gasteiger partial charge in [0.25, 0.3) is 0 Å². The standard InChI is InChI=1S/C26H36N2O2/c1-7-19-11-21(25(29)23(13-19)17(3)4)15-27-9-10-28-16-22-12-20(8-2)14-24(18(5)6)26(22)30/h11-18,29-30H,7-10H2,1-6H3. The Kier molecular flexibility index (Phi) is 8.64. The van der Waals surface area contributed by atoms with Crippen molar-refractivity contribution in [2.75, 3.05) is 13.1 Å². The van der Waals surface area contributed by atoms with Crippen LogP contribution in [-0.4, -0.2) is 35.7 Å². The van der Waals surface area contributed by atoms with E-state index in [1.165, 1.54) is 11.1 Å². The number of phenolic OH excluding ortho intramolecular Hbond substituents is 2. The largest absolute Gasteiger partial charge is 0.507 e. The van der Waals surface area contributed by atoms with E-state index >= 15 is 0 Å². The van der Waals surface area contributed by atoms with Gasteiger partial charge in [-0.2, -0.15) is 0 Å². The molecule has 4 nitrogen and oxygen atoms in total. The van der Waals surface area contributed by atoms with E-state index in [0.717, 1.165) is 35.1 Å². The van der Waals surface area contributed by atoms with Crippen LogP contribution in [0.2, 0.25) is 0 Å². The predicted octanol–water partition coefficient (Wildman–Crippen LogP) is 6.01. The zero-order valence-corrected chi connectivity index (χ0v) is 19.2. The van der Waals surface area contributed by atoms with Crippen LogP contribution in [0.15, 0.2) is 34.3 Å². The Morgan fingerprint density at radius 2 is 1.07 bits per heavy atom. The Morgan fingerprint density at radius 1 is 0.700 bits per heavy atom. The molecule has 0 unspecified atom stereocenters. The van der Waals surface area contributed by atoms with Crippen LogP contribution in [-0.2, 0) is 12.8 Å². The summed E-state index contributed by atoms with van der Waals surface area (Å²) in [7, 11) is 0. The highest BCUT2D eigenvalue weighted by Crippen LogP contribution is 2.31. The first-order chi connectivity index (χ1) is 14.3. The lowest BCUT2D eigenvalue weighted by molar-refractivity contribution is 0.463. The molecule has 0 saturated heterocycles. The molecule has 0 saturated carbocycles. The number of aliphatic imine (C=N–C) groups is 2. The third-order valence-corrected chi connectivity index (χ3v) is 5.34. The highest BCUT2D eigenvalue weighted by atomic mass is 16.3. The number of aromatic hydroxyl groups is 2. The predicted molar refractivity (Wildman–Crippen MR) is 128 cm³/mol. The average molecular weight is 409 g/mol. The Bertz CT molecular complexity index is 836. The van der Waals surface area contributed by atoms with Crippen molar-refractivity contribution in [3.63, 3.8) is 0 Å². The van der Waals surface area contributed by atoms with Crippen LogP contribution in [0.3, 0.4) is 0 Å². The van der Waals surface area contributed by atoms with Crippen molar-refractivity contribution in [1.29, 1.82) is 0 Å². The van der Waals surface area contributed by atoms with Crippen LogP contribution < -0.4 is 0 Å². The second-order valence-electron chi connectivity index (χ2n) is 8.33. The van der Waals surface area contributed by atoms with Gasteiger partial charge in [0.2, 0.25) is 0 Å². The molecule has 0 radical (unpaired) electrons. The third-order valence-electron chi connectivity index (χ3n) is 5.34. The fourth-order valence-electron chi connectivity index (χ4n) is 3.42. The molecule has 0 heterocycles. The molecule has 0 amide bonds. The van der Waals surface area contributed by atoms with Gasteiger partial charge in [0.15, 0.2) is 0 Å². The lowest BCUT2D eigenvalue weighted by Gasteiger charge is -2.13. The van der Waals surface area contributed by atoms with Crippen molar-refractivity contribution in [2.45, 2.75) is 66.2 Å². The minimum atomic E-state index is 0.260. The summed E-state index contributed by atoms with van der Waals surface area (Å²) in [5, 5.41) is 21.1. The summed E-state index contributed by atoms with van der Waals surface area (Å²) in [6.45, 7) is 13.6. The minimum absolute atomic E-state index is 0.260. The molecular weight excluding hydrogens is 372 g/mol. The first-order valence-electron chi connectivity index (χ1n) is 11.0. The number of benzene rings is 2. The van der Waals surface area contributed by atoms with Gasteiger partial charge in [-0.25, -0.2) is 0 Å². The van der Waals surface area contributed by atoms with Crippen molar-refractivity contribution < 1.29 is 10.2 Å². The maximum absolute atomic E-state index is 10.5. The van der Waals surface area contributed by atoms with Gasteiger partial charge in [-0.15, -0.1) is 0 Å². The van der Waals surface area contributed by atoms with Crippen molar-refractivity contribution >= 4 is 12.4 Å². The lowest BCUT2D eigenvalue weighted by Crippen LogP contribution is -1.98. The van der Waals surface area contributed by atoms with Gasteiger partial charge in [0.1, 0.15) is 11.5 Å². The van der Waals surface area contributed by atoms with Crippen molar-refractivity contribution in [2.24, 2.45) is 9.98 Å². The molecule has 0 bridgehead atoms. The van der Waals surface area contributed by atoms with Crippen LogP contribution >= 0.6 is 0 Å². The number of hydrogen-bond donors (Lipinski definition) is 2. The smallest absolute Gasteiger partial charge is 0.127 e. The molecule has 2 aromatic carbocycles. The van der Waals surface area contributed by atoms with E-state index in [4.69, 9.17) is 0 Å². The lowest BCUT2D eigenvalue weighted by atomic mass is 9.95. The van der Waals surface area contributed by atoms with E-state index in [1.807, 2.05) is 12.1 Å². The van der Waals surface area contributed by atoms with Crippen molar-refractivity contribution in [3.05, 3.63) is 57.6 Å². The van der Waals surface area contributed by atoms with E-state index in [9.17, 15) is 10.2 Å². The molecule has 162 valence electrons. The fourth-order valence-corrected chi connectivity index (χ4v) is 3.42. The Morgan fingerprint density at radius 3 is 1.37 bits per heavy atom. The molecule has 0 aromatic heterocycles. The van der Waals surface area contributed by atoms with Crippen LogP contribution in [0.5, 0.6) is 11.5 Å². The van der Waals surface area contributed by atoms with Crippen molar-refractivity contribution in [3.8, 4) is 11.5 Å². The molecule has 0 fully saturated rings. The molecule has 0 spiro atoms. The van der Waals surface area contributed by atoms with Gasteiger partial charge < -0.3 is 10.2 Å². The van der Waals surface area contributed by atoms with E-state index in [0.29, 0.717) is 24.6 Å². The number of phenols is 2. The number of rotatable bonds is 9. The summed E-state index contributed by atoms with van der Waals surface area (Å²) in [5.74, 6) is 1.15. The number of aryl methyl sites for hydroxylation is 2. The first-order valence-corrected chi connectivity index (χ1v) is 11.0. The summed E-state index contributed by atoms with van der Waals surface area (Å²) >= 11 is 0. The normalized spacial score (nSPS) is 12.1. The molecule has 0 aliphatic rings. The molecule has 2 aromatic rings. The molecule has 4 heteroatoms.